The average molecular weight is 629 g/mol. The van der Waals surface area contributed by atoms with Crippen LogP contribution in [0.2, 0.25) is 10.0 Å². The minimum absolute atomic E-state index is 0.118. The van der Waals surface area contributed by atoms with Crippen LogP contribution < -0.4 is 4.74 Å². The molecule has 0 unspecified atom stereocenters. The van der Waals surface area contributed by atoms with Crippen LogP contribution in [-0.2, 0) is 10.2 Å². The molecule has 3 aromatic rings. The largest absolute Gasteiger partial charge is 0.491 e. The van der Waals surface area contributed by atoms with Crippen LogP contribution in [0, 0.1) is 11.6 Å². The normalized spacial score (nSPS) is 24.2. The van der Waals surface area contributed by atoms with Gasteiger partial charge in [-0.25, -0.2) is 8.78 Å². The molecule has 1 spiro atoms. The number of benzene rings is 3. The van der Waals surface area contributed by atoms with Crippen molar-refractivity contribution in [3.05, 3.63) is 93.0 Å². The molecule has 43 heavy (non-hydrogen) atoms. The topological polar surface area (TPSA) is 37.3 Å². The Bertz CT molecular complexity index is 1500. The number of aliphatic imine (C=N–C) groups is 1. The van der Waals surface area contributed by atoms with Crippen LogP contribution in [0.4, 0.5) is 14.5 Å². The van der Waals surface area contributed by atoms with Crippen molar-refractivity contribution in [1.29, 1.82) is 0 Å². The van der Waals surface area contributed by atoms with E-state index in [9.17, 15) is 0 Å². The van der Waals surface area contributed by atoms with Gasteiger partial charge in [0.1, 0.15) is 5.75 Å². The second-order valence-electron chi connectivity index (χ2n) is 11.9. The smallest absolute Gasteiger partial charge is 0.167 e. The molecule has 3 aliphatic heterocycles. The van der Waals surface area contributed by atoms with Gasteiger partial charge in [-0.15, -0.1) is 0 Å². The zero-order chi connectivity index (χ0) is 30.1. The molecule has 6 rings (SSSR count). The molecule has 0 radical (unpaired) electrons. The summed E-state index contributed by atoms with van der Waals surface area (Å²) in [5, 5.41) is 1.20. The Morgan fingerprint density at radius 3 is 2.56 bits per heavy atom. The van der Waals surface area contributed by atoms with Gasteiger partial charge in [-0.3, -0.25) is 14.8 Å². The zero-order valence-corrected chi connectivity index (χ0v) is 26.1. The zero-order valence-electron chi connectivity index (χ0n) is 24.5. The van der Waals surface area contributed by atoms with Crippen LogP contribution >= 0.6 is 23.2 Å². The highest BCUT2D eigenvalue weighted by atomic mass is 35.5. The maximum Gasteiger partial charge on any atom is 0.167 e. The van der Waals surface area contributed by atoms with E-state index in [1.165, 1.54) is 0 Å². The quantitative estimate of drug-likeness (QED) is 0.254. The number of likely N-dealkylation sites (tertiary alicyclic amines) is 1. The summed E-state index contributed by atoms with van der Waals surface area (Å²) in [7, 11) is 0. The fourth-order valence-corrected chi connectivity index (χ4v) is 7.55. The highest BCUT2D eigenvalue weighted by molar-refractivity contribution is 6.31. The van der Waals surface area contributed by atoms with Crippen LogP contribution in [0.1, 0.15) is 55.3 Å². The summed E-state index contributed by atoms with van der Waals surface area (Å²) < 4.78 is 43.3. The molecule has 9 heteroatoms. The molecule has 3 aliphatic rings. The van der Waals surface area contributed by atoms with Crippen LogP contribution in [0.5, 0.6) is 5.75 Å². The van der Waals surface area contributed by atoms with Gasteiger partial charge >= 0.3 is 0 Å². The van der Waals surface area contributed by atoms with Gasteiger partial charge in [-0.05, 0) is 87.3 Å². The van der Waals surface area contributed by atoms with Crippen molar-refractivity contribution in [3.63, 3.8) is 0 Å². The predicted molar refractivity (Wildman–Crippen MR) is 168 cm³/mol. The second-order valence-corrected chi connectivity index (χ2v) is 12.8. The molecule has 5 nitrogen and oxygen atoms in total. The first-order chi connectivity index (χ1) is 20.8. The molecule has 0 saturated carbocycles. The van der Waals surface area contributed by atoms with E-state index in [-0.39, 0.29) is 17.6 Å². The van der Waals surface area contributed by atoms with Gasteiger partial charge in [0.25, 0.3) is 0 Å². The Morgan fingerprint density at radius 2 is 1.79 bits per heavy atom. The summed E-state index contributed by atoms with van der Waals surface area (Å²) in [6.45, 7) is 9.33. The fraction of sp³-hybridized carbons (Fsp3) is 0.441. The average Bonchev–Trinajstić information content (AvgIpc) is 3.34. The summed E-state index contributed by atoms with van der Waals surface area (Å²) in [5.74, 6) is -1.56. The SMILES string of the molecule is CC(C)Oc1ccc(F)c(F)c1[C@@H]1N(CCCN2CCOCC2)CC[C@@H](c2cccc(Cl)c2)[C@]12C=Nc1cc(Cl)ccc12. The van der Waals surface area contributed by atoms with E-state index in [0.29, 0.717) is 28.9 Å². The fourth-order valence-electron chi connectivity index (χ4n) is 7.19. The minimum Gasteiger partial charge on any atom is -0.491 e. The number of piperidine rings is 1. The minimum atomic E-state index is -0.898. The summed E-state index contributed by atoms with van der Waals surface area (Å²) in [6.07, 6.45) is 3.36. The molecular formula is C34H37Cl2F2N3O2. The number of hydrogen-bond acceptors (Lipinski definition) is 5. The van der Waals surface area contributed by atoms with Crippen LogP contribution in [-0.4, -0.2) is 68.1 Å². The van der Waals surface area contributed by atoms with E-state index in [4.69, 9.17) is 37.7 Å². The van der Waals surface area contributed by atoms with Crippen molar-refractivity contribution >= 4 is 35.1 Å². The Hall–Kier alpha value is -2.55. The number of halogens is 4. The maximum atomic E-state index is 16.4. The summed E-state index contributed by atoms with van der Waals surface area (Å²) in [5.41, 5.74) is 2.08. The van der Waals surface area contributed by atoms with Gasteiger partial charge in [0.05, 0.1) is 42.0 Å². The van der Waals surface area contributed by atoms with Gasteiger partial charge in [0.15, 0.2) is 11.6 Å². The first-order valence-electron chi connectivity index (χ1n) is 15.1. The molecule has 3 heterocycles. The molecule has 0 amide bonds. The van der Waals surface area contributed by atoms with Gasteiger partial charge < -0.3 is 9.47 Å². The van der Waals surface area contributed by atoms with E-state index in [2.05, 4.69) is 15.9 Å². The van der Waals surface area contributed by atoms with Crippen LogP contribution in [0.25, 0.3) is 0 Å². The molecule has 0 bridgehead atoms. The Balaban J connectivity index is 1.53. The lowest BCUT2D eigenvalue weighted by Gasteiger charge is -2.52. The second kappa shape index (κ2) is 12.8. The summed E-state index contributed by atoms with van der Waals surface area (Å²) >= 11 is 13.0. The number of nitrogens with zero attached hydrogens (tertiary/aromatic N) is 3. The lowest BCUT2D eigenvalue weighted by Crippen LogP contribution is -2.54. The molecule has 228 valence electrons. The van der Waals surface area contributed by atoms with Crippen molar-refractivity contribution in [2.45, 2.75) is 50.2 Å². The van der Waals surface area contributed by atoms with E-state index >= 15 is 8.78 Å². The van der Waals surface area contributed by atoms with Crippen molar-refractivity contribution in [2.24, 2.45) is 4.99 Å². The summed E-state index contributed by atoms with van der Waals surface area (Å²) in [6, 6.07) is 15.6. The lowest BCUT2D eigenvalue weighted by atomic mass is 9.59. The van der Waals surface area contributed by atoms with E-state index in [1.54, 1.807) is 6.07 Å². The number of ether oxygens (including phenoxy) is 2. The number of morpholine rings is 1. The molecule has 0 N–H and O–H groups in total. The first-order valence-corrected chi connectivity index (χ1v) is 15.8. The van der Waals surface area contributed by atoms with Gasteiger partial charge in [-0.2, -0.15) is 0 Å². The van der Waals surface area contributed by atoms with E-state index in [0.717, 1.165) is 68.6 Å². The molecule has 0 aromatic heterocycles. The monoisotopic (exact) mass is 627 g/mol. The Kier molecular flexibility index (Phi) is 9.09. The molecule has 3 atom stereocenters. The molecule has 0 aliphatic carbocycles. The number of hydrogen-bond donors (Lipinski definition) is 0. The van der Waals surface area contributed by atoms with Crippen LogP contribution in [0.3, 0.4) is 0 Å². The summed E-state index contributed by atoms with van der Waals surface area (Å²) in [4.78, 5) is 9.60. The standard InChI is InChI=1S/C34H37Cl2F2N3O2/c1-22(2)43-30-10-9-28(37)32(38)31(30)33-34(21-39-29-20-25(36)7-8-27(29)34)26(23-5-3-6-24(35)19-23)11-14-41(33)13-4-12-40-15-17-42-18-16-40/h3,5-10,19-22,26,33H,4,11-18H2,1-2H3/t26-,33-,34-/m0/s1. The highest BCUT2D eigenvalue weighted by Gasteiger charge is 2.56. The predicted octanol–water partition coefficient (Wildman–Crippen LogP) is 7.97. The van der Waals surface area contributed by atoms with Crippen molar-refractivity contribution in [1.82, 2.24) is 9.80 Å². The molecule has 2 saturated heterocycles. The highest BCUT2D eigenvalue weighted by Crippen LogP contribution is 2.60. The first kappa shape index (κ1) is 30.5. The molecular weight excluding hydrogens is 591 g/mol. The lowest BCUT2D eigenvalue weighted by molar-refractivity contribution is 0.0314. The van der Waals surface area contributed by atoms with Gasteiger partial charge in [0.2, 0.25) is 0 Å². The number of fused-ring (bicyclic) bond motifs is 2. The Labute approximate surface area is 262 Å². The third kappa shape index (κ3) is 5.95. The van der Waals surface area contributed by atoms with E-state index in [1.807, 2.05) is 56.5 Å². The molecule has 2 fully saturated rings. The third-order valence-corrected chi connectivity index (χ3v) is 9.42. The van der Waals surface area contributed by atoms with Crippen molar-refractivity contribution in [3.8, 4) is 5.75 Å². The third-order valence-electron chi connectivity index (χ3n) is 8.95. The van der Waals surface area contributed by atoms with E-state index < -0.39 is 23.1 Å². The number of rotatable bonds is 8. The maximum absolute atomic E-state index is 16.4. The van der Waals surface area contributed by atoms with Gasteiger partial charge in [-0.1, -0.05) is 41.4 Å². The van der Waals surface area contributed by atoms with Gasteiger partial charge in [0, 0.05) is 41.8 Å². The van der Waals surface area contributed by atoms with Crippen molar-refractivity contribution < 1.29 is 18.3 Å². The van der Waals surface area contributed by atoms with Crippen LogP contribution in [0.15, 0.2) is 59.6 Å². The molecule has 3 aromatic carbocycles. The Morgan fingerprint density at radius 1 is 1.00 bits per heavy atom. The van der Waals surface area contributed by atoms with Crippen molar-refractivity contribution in [2.75, 3.05) is 45.9 Å².